The maximum atomic E-state index is 5.89. The highest BCUT2D eigenvalue weighted by Crippen LogP contribution is 2.34. The van der Waals surface area contributed by atoms with E-state index < -0.39 is 0 Å². The van der Waals surface area contributed by atoms with Crippen LogP contribution in [0, 0.1) is 0 Å². The molecule has 2 atom stereocenters. The van der Waals surface area contributed by atoms with Gasteiger partial charge in [-0.3, -0.25) is 0 Å². The summed E-state index contributed by atoms with van der Waals surface area (Å²) in [5.41, 5.74) is 0.989. The molecule has 104 valence electrons. The van der Waals surface area contributed by atoms with E-state index >= 15 is 0 Å². The predicted molar refractivity (Wildman–Crippen MR) is 70.5 cm³/mol. The number of anilines is 1. The summed E-state index contributed by atoms with van der Waals surface area (Å²) in [5, 5.41) is 7.32. The fourth-order valence-corrected chi connectivity index (χ4v) is 2.54. The maximum absolute atomic E-state index is 5.89. The van der Waals surface area contributed by atoms with E-state index in [2.05, 4.69) is 15.5 Å². The molecular weight excluding hydrogens is 258 g/mol. The third kappa shape index (κ3) is 2.02. The molecule has 1 aromatic heterocycles. The van der Waals surface area contributed by atoms with Crippen molar-refractivity contribution in [2.24, 2.45) is 0 Å². The van der Waals surface area contributed by atoms with Gasteiger partial charge in [0.1, 0.15) is 11.9 Å². The van der Waals surface area contributed by atoms with Crippen LogP contribution in [0.4, 0.5) is 5.69 Å². The smallest absolute Gasteiger partial charge is 0.269 e. The van der Waals surface area contributed by atoms with Crippen LogP contribution in [0.25, 0.3) is 0 Å². The van der Waals surface area contributed by atoms with E-state index in [1.807, 2.05) is 24.3 Å². The number of nitrogens with zero attached hydrogens (tertiary/aromatic N) is 2. The molecule has 1 fully saturated rings. The van der Waals surface area contributed by atoms with Crippen molar-refractivity contribution in [1.29, 1.82) is 0 Å². The van der Waals surface area contributed by atoms with Crippen LogP contribution >= 0.6 is 0 Å². The van der Waals surface area contributed by atoms with Gasteiger partial charge in [-0.1, -0.05) is 17.3 Å². The van der Waals surface area contributed by atoms with E-state index in [1.165, 1.54) is 0 Å². The Hall–Kier alpha value is -2.08. The van der Waals surface area contributed by atoms with Gasteiger partial charge < -0.3 is 19.3 Å². The normalized spacial score (nSPS) is 24.8. The van der Waals surface area contributed by atoms with Crippen LogP contribution in [0.15, 0.2) is 28.8 Å². The molecule has 1 aromatic carbocycles. The molecule has 6 nitrogen and oxygen atoms in total. The lowest BCUT2D eigenvalue weighted by atomic mass is 10.2. The summed E-state index contributed by atoms with van der Waals surface area (Å²) in [4.78, 5) is 4.42. The van der Waals surface area contributed by atoms with Crippen LogP contribution < -0.4 is 10.1 Å². The fourth-order valence-electron chi connectivity index (χ4n) is 2.54. The Morgan fingerprint density at radius 2 is 2.15 bits per heavy atom. The molecule has 2 aromatic rings. The van der Waals surface area contributed by atoms with Crippen molar-refractivity contribution in [3.05, 3.63) is 36.0 Å². The minimum absolute atomic E-state index is 0.0312. The molecule has 3 heterocycles. The summed E-state index contributed by atoms with van der Waals surface area (Å²) < 4.78 is 16.8. The highest BCUT2D eigenvalue weighted by Gasteiger charge is 2.29. The van der Waals surface area contributed by atoms with Gasteiger partial charge >= 0.3 is 0 Å². The lowest BCUT2D eigenvalue weighted by Gasteiger charge is -2.24. The number of rotatable bonds is 2. The first-order chi connectivity index (χ1) is 9.90. The van der Waals surface area contributed by atoms with Crippen molar-refractivity contribution < 1.29 is 14.0 Å². The predicted octanol–water partition coefficient (Wildman–Crippen LogP) is 2.47. The van der Waals surface area contributed by atoms with E-state index in [1.54, 1.807) is 0 Å². The third-order valence-corrected chi connectivity index (χ3v) is 3.58. The lowest BCUT2D eigenvalue weighted by Crippen LogP contribution is -2.23. The molecule has 2 unspecified atom stereocenters. The third-order valence-electron chi connectivity index (χ3n) is 3.58. The quantitative estimate of drug-likeness (QED) is 0.906. The molecule has 2 aliphatic heterocycles. The minimum atomic E-state index is -0.257. The molecule has 0 saturated carbocycles. The second-order valence-corrected chi connectivity index (χ2v) is 4.98. The monoisotopic (exact) mass is 273 g/mol. The summed E-state index contributed by atoms with van der Waals surface area (Å²) >= 11 is 0. The van der Waals surface area contributed by atoms with Crippen molar-refractivity contribution in [1.82, 2.24) is 10.1 Å². The van der Waals surface area contributed by atoms with Crippen molar-refractivity contribution >= 4 is 5.69 Å². The Morgan fingerprint density at radius 3 is 3.05 bits per heavy atom. The topological polar surface area (TPSA) is 69.4 Å². The first-order valence-electron chi connectivity index (χ1n) is 6.85. The molecule has 20 heavy (non-hydrogen) atoms. The first-order valence-corrected chi connectivity index (χ1v) is 6.85. The van der Waals surface area contributed by atoms with Gasteiger partial charge in [-0.25, -0.2) is 0 Å². The van der Waals surface area contributed by atoms with Crippen LogP contribution in [-0.2, 0) is 4.74 Å². The van der Waals surface area contributed by atoms with Crippen molar-refractivity contribution in [2.45, 2.75) is 25.0 Å². The SMILES string of the molecule is c1ccc2c(c1)NCC(c1nc(C3CCCO3)no1)O2. The van der Waals surface area contributed by atoms with E-state index in [4.69, 9.17) is 14.0 Å². The van der Waals surface area contributed by atoms with Crippen molar-refractivity contribution in [2.75, 3.05) is 18.5 Å². The van der Waals surface area contributed by atoms with Gasteiger partial charge in [-0.15, -0.1) is 0 Å². The largest absolute Gasteiger partial charge is 0.477 e. The van der Waals surface area contributed by atoms with Gasteiger partial charge in [-0.2, -0.15) is 4.98 Å². The second-order valence-electron chi connectivity index (χ2n) is 4.98. The number of benzene rings is 1. The van der Waals surface area contributed by atoms with Crippen molar-refractivity contribution in [3.8, 4) is 5.75 Å². The highest BCUT2D eigenvalue weighted by molar-refractivity contribution is 5.57. The first kappa shape index (κ1) is 11.7. The molecule has 0 aliphatic carbocycles. The highest BCUT2D eigenvalue weighted by atomic mass is 16.5. The molecular formula is C14H15N3O3. The lowest BCUT2D eigenvalue weighted by molar-refractivity contribution is 0.102. The number of para-hydroxylation sites is 2. The zero-order valence-corrected chi connectivity index (χ0v) is 10.9. The summed E-state index contributed by atoms with van der Waals surface area (Å²) in [5.74, 6) is 1.93. The zero-order valence-electron chi connectivity index (χ0n) is 10.9. The van der Waals surface area contributed by atoms with Gasteiger partial charge in [0.2, 0.25) is 5.82 Å². The minimum Gasteiger partial charge on any atom is -0.477 e. The Kier molecular flexibility index (Phi) is 2.81. The molecule has 6 heteroatoms. The fraction of sp³-hybridized carbons (Fsp3) is 0.429. The van der Waals surface area contributed by atoms with E-state index in [-0.39, 0.29) is 12.2 Å². The number of nitrogens with one attached hydrogen (secondary N) is 1. The Balaban J connectivity index is 1.54. The summed E-state index contributed by atoms with van der Waals surface area (Å²) in [6, 6.07) is 7.81. The van der Waals surface area contributed by atoms with Crippen molar-refractivity contribution in [3.63, 3.8) is 0 Å². The number of hydrogen-bond acceptors (Lipinski definition) is 6. The van der Waals surface area contributed by atoms with Crippen LogP contribution in [0.3, 0.4) is 0 Å². The molecule has 4 rings (SSSR count). The maximum Gasteiger partial charge on any atom is 0.269 e. The molecule has 0 spiro atoms. The summed E-state index contributed by atoms with van der Waals surface area (Å²) in [6.45, 7) is 1.38. The molecule has 1 N–H and O–H groups in total. The average Bonchev–Trinajstić information content (AvgIpc) is 3.17. The molecule has 2 aliphatic rings. The average molecular weight is 273 g/mol. The van der Waals surface area contributed by atoms with Gasteiger partial charge in [0.15, 0.2) is 6.10 Å². The van der Waals surface area contributed by atoms with E-state index in [0.717, 1.165) is 30.9 Å². The molecule has 0 bridgehead atoms. The number of aromatic nitrogens is 2. The molecule has 0 radical (unpaired) electrons. The molecule has 0 amide bonds. The Bertz CT molecular complexity index is 607. The standard InChI is InChI=1S/C14H15N3O3/c1-2-5-10-9(4-1)15-8-12(19-10)14-16-13(17-20-14)11-6-3-7-18-11/h1-2,4-5,11-12,15H,3,6-8H2. The van der Waals surface area contributed by atoms with E-state index in [0.29, 0.717) is 18.3 Å². The van der Waals surface area contributed by atoms with Gasteiger partial charge in [0.25, 0.3) is 5.89 Å². The van der Waals surface area contributed by atoms with Crippen LogP contribution in [0.5, 0.6) is 5.75 Å². The Morgan fingerprint density at radius 1 is 1.20 bits per heavy atom. The van der Waals surface area contributed by atoms with Gasteiger partial charge in [-0.05, 0) is 25.0 Å². The van der Waals surface area contributed by atoms with Gasteiger partial charge in [0.05, 0.1) is 12.2 Å². The number of fused-ring (bicyclic) bond motifs is 1. The summed E-state index contributed by atoms with van der Waals surface area (Å²) in [7, 11) is 0. The number of hydrogen-bond donors (Lipinski definition) is 1. The second kappa shape index (κ2) is 4.79. The summed E-state index contributed by atoms with van der Waals surface area (Å²) in [6.07, 6.45) is 1.71. The Labute approximate surface area is 116 Å². The van der Waals surface area contributed by atoms with Crippen LogP contribution in [0.2, 0.25) is 0 Å². The van der Waals surface area contributed by atoms with Crippen LogP contribution in [0.1, 0.15) is 36.8 Å². The van der Waals surface area contributed by atoms with Crippen LogP contribution in [-0.4, -0.2) is 23.3 Å². The zero-order chi connectivity index (χ0) is 13.4. The van der Waals surface area contributed by atoms with E-state index in [9.17, 15) is 0 Å². The van der Waals surface area contributed by atoms with Gasteiger partial charge in [0, 0.05) is 6.61 Å². The molecule has 1 saturated heterocycles. The number of ether oxygens (including phenoxy) is 2.